The third-order valence-electron chi connectivity index (χ3n) is 5.78. The van der Waals surface area contributed by atoms with Crippen molar-refractivity contribution in [2.75, 3.05) is 7.11 Å². The Bertz CT molecular complexity index is 708. The first kappa shape index (κ1) is 16.7. The fourth-order valence-corrected chi connectivity index (χ4v) is 4.46. The summed E-state index contributed by atoms with van der Waals surface area (Å²) >= 11 is 0. The number of benzene rings is 1. The molecular weight excluding hydrogens is 308 g/mol. The Labute approximate surface area is 141 Å². The van der Waals surface area contributed by atoms with Gasteiger partial charge in [0.05, 0.1) is 13.5 Å². The van der Waals surface area contributed by atoms with E-state index >= 15 is 0 Å². The molecule has 0 bridgehead atoms. The summed E-state index contributed by atoms with van der Waals surface area (Å²) in [4.78, 5) is 36.5. The van der Waals surface area contributed by atoms with Crippen LogP contribution in [-0.4, -0.2) is 29.8 Å². The Morgan fingerprint density at radius 1 is 1.29 bits per heavy atom. The van der Waals surface area contributed by atoms with Crippen LogP contribution in [0, 0.1) is 17.3 Å². The summed E-state index contributed by atoms with van der Waals surface area (Å²) in [6.45, 7) is 1.72. The number of methoxy groups -OCH3 is 1. The van der Waals surface area contributed by atoms with Crippen LogP contribution >= 0.6 is 0 Å². The van der Waals surface area contributed by atoms with Gasteiger partial charge in [0.1, 0.15) is 11.5 Å². The molecule has 3 atom stereocenters. The summed E-state index contributed by atoms with van der Waals surface area (Å²) in [7, 11) is 1.59. The monoisotopic (exact) mass is 330 g/mol. The number of rotatable bonds is 4. The number of ketones is 2. The normalized spacial score (nSPS) is 29.4. The number of fused-ring (bicyclic) bond motifs is 1. The fourth-order valence-electron chi connectivity index (χ4n) is 4.46. The highest BCUT2D eigenvalue weighted by molar-refractivity contribution is 6.01. The van der Waals surface area contributed by atoms with E-state index in [-0.39, 0.29) is 29.8 Å². The summed E-state index contributed by atoms with van der Waals surface area (Å²) in [6, 6.07) is 5.45. The molecule has 3 rings (SSSR count). The van der Waals surface area contributed by atoms with E-state index in [1.54, 1.807) is 26.2 Å². The molecule has 128 valence electrons. The van der Waals surface area contributed by atoms with Gasteiger partial charge in [0, 0.05) is 23.3 Å². The average Bonchev–Trinajstić information content (AvgIpc) is 2.82. The number of ether oxygens (including phenoxy) is 1. The van der Waals surface area contributed by atoms with Gasteiger partial charge in [-0.2, -0.15) is 0 Å². The van der Waals surface area contributed by atoms with Crippen molar-refractivity contribution in [3.05, 3.63) is 29.3 Å². The van der Waals surface area contributed by atoms with Crippen LogP contribution in [0.1, 0.15) is 48.5 Å². The van der Waals surface area contributed by atoms with Crippen molar-refractivity contribution in [2.45, 2.75) is 39.0 Å². The second kappa shape index (κ2) is 6.04. The predicted molar refractivity (Wildman–Crippen MR) is 87.2 cm³/mol. The first-order valence-corrected chi connectivity index (χ1v) is 8.33. The van der Waals surface area contributed by atoms with E-state index in [0.29, 0.717) is 24.8 Å². The van der Waals surface area contributed by atoms with Crippen molar-refractivity contribution < 1.29 is 24.2 Å². The van der Waals surface area contributed by atoms with Gasteiger partial charge < -0.3 is 9.84 Å². The minimum absolute atomic E-state index is 0.0248. The molecule has 3 unspecified atom stereocenters. The Balaban J connectivity index is 1.91. The highest BCUT2D eigenvalue weighted by Crippen LogP contribution is 2.50. The van der Waals surface area contributed by atoms with Crippen molar-refractivity contribution in [3.8, 4) is 5.75 Å². The predicted octanol–water partition coefficient (Wildman–Crippen LogP) is 2.90. The molecule has 5 heteroatoms. The molecule has 24 heavy (non-hydrogen) atoms. The zero-order valence-corrected chi connectivity index (χ0v) is 14.0. The molecular formula is C19H22O5. The minimum Gasteiger partial charge on any atom is -0.497 e. The zero-order valence-electron chi connectivity index (χ0n) is 14.0. The Kier molecular flexibility index (Phi) is 4.20. The number of carbonyl (C=O) groups excluding carboxylic acids is 2. The van der Waals surface area contributed by atoms with Crippen molar-refractivity contribution in [1.29, 1.82) is 0 Å². The third kappa shape index (κ3) is 2.62. The summed E-state index contributed by atoms with van der Waals surface area (Å²) in [5.41, 5.74) is 0.722. The van der Waals surface area contributed by atoms with E-state index in [1.807, 2.05) is 6.07 Å². The lowest BCUT2D eigenvalue weighted by Gasteiger charge is -2.36. The van der Waals surface area contributed by atoms with Crippen molar-refractivity contribution in [2.24, 2.45) is 17.3 Å². The van der Waals surface area contributed by atoms with E-state index in [1.165, 1.54) is 0 Å². The van der Waals surface area contributed by atoms with E-state index < -0.39 is 11.4 Å². The maximum absolute atomic E-state index is 13.0. The van der Waals surface area contributed by atoms with E-state index in [2.05, 4.69) is 0 Å². The van der Waals surface area contributed by atoms with Gasteiger partial charge in [0.2, 0.25) is 0 Å². The second-order valence-corrected chi connectivity index (χ2v) is 7.09. The zero-order chi connectivity index (χ0) is 17.5. The number of carboxylic acid groups (broad SMARTS) is 1. The minimum atomic E-state index is -0.980. The number of carboxylic acids is 1. The SMILES string of the molecule is COc1ccc2c(c1)CCC(C1CCC(=O)C1(C)CC(=O)O)C2=O. The number of Topliss-reactive ketones (excluding diaryl/α,β-unsaturated/α-hetero) is 2. The lowest BCUT2D eigenvalue weighted by Crippen LogP contribution is -2.40. The quantitative estimate of drug-likeness (QED) is 0.918. The van der Waals surface area contributed by atoms with Crippen molar-refractivity contribution in [1.82, 2.24) is 0 Å². The topological polar surface area (TPSA) is 80.7 Å². The molecule has 0 saturated heterocycles. The highest BCUT2D eigenvalue weighted by Gasteiger charge is 2.52. The van der Waals surface area contributed by atoms with Gasteiger partial charge in [-0.15, -0.1) is 0 Å². The van der Waals surface area contributed by atoms with Gasteiger partial charge in [-0.05, 0) is 48.9 Å². The third-order valence-corrected chi connectivity index (χ3v) is 5.78. The van der Waals surface area contributed by atoms with Gasteiger partial charge in [-0.25, -0.2) is 0 Å². The molecule has 1 fully saturated rings. The van der Waals surface area contributed by atoms with Gasteiger partial charge in [-0.1, -0.05) is 6.92 Å². The van der Waals surface area contributed by atoms with Crippen LogP contribution in [0.3, 0.4) is 0 Å². The number of aliphatic carboxylic acids is 1. The maximum Gasteiger partial charge on any atom is 0.304 e. The van der Waals surface area contributed by atoms with Crippen LogP contribution in [0.15, 0.2) is 18.2 Å². The molecule has 0 heterocycles. The smallest absolute Gasteiger partial charge is 0.304 e. The highest BCUT2D eigenvalue weighted by atomic mass is 16.5. The summed E-state index contributed by atoms with van der Waals surface area (Å²) < 4.78 is 5.21. The number of carbonyl (C=O) groups is 3. The Morgan fingerprint density at radius 2 is 2.04 bits per heavy atom. The lowest BCUT2D eigenvalue weighted by atomic mass is 9.65. The first-order valence-electron chi connectivity index (χ1n) is 8.33. The molecule has 0 radical (unpaired) electrons. The molecule has 1 saturated carbocycles. The van der Waals surface area contributed by atoms with Gasteiger partial charge >= 0.3 is 5.97 Å². The Hall–Kier alpha value is -2.17. The first-order chi connectivity index (χ1) is 11.4. The largest absolute Gasteiger partial charge is 0.497 e. The van der Waals surface area contributed by atoms with Gasteiger partial charge in [-0.3, -0.25) is 14.4 Å². The number of hydrogen-bond acceptors (Lipinski definition) is 4. The van der Waals surface area contributed by atoms with E-state index in [0.717, 1.165) is 17.7 Å². The molecule has 0 amide bonds. The molecule has 5 nitrogen and oxygen atoms in total. The molecule has 1 N–H and O–H groups in total. The van der Waals surface area contributed by atoms with Crippen LogP contribution in [0.5, 0.6) is 5.75 Å². The van der Waals surface area contributed by atoms with Crippen LogP contribution in [0.2, 0.25) is 0 Å². The maximum atomic E-state index is 13.0. The molecule has 2 aliphatic rings. The molecule has 0 aromatic heterocycles. The molecule has 0 spiro atoms. The van der Waals surface area contributed by atoms with E-state index in [9.17, 15) is 19.5 Å². The molecule has 1 aromatic carbocycles. The van der Waals surface area contributed by atoms with Crippen LogP contribution < -0.4 is 4.74 Å². The summed E-state index contributed by atoms with van der Waals surface area (Å²) in [5.74, 6) is -0.707. The van der Waals surface area contributed by atoms with Gasteiger partial charge in [0.15, 0.2) is 5.78 Å². The van der Waals surface area contributed by atoms with Crippen LogP contribution in [0.25, 0.3) is 0 Å². The van der Waals surface area contributed by atoms with Gasteiger partial charge in [0.25, 0.3) is 0 Å². The standard InChI is InChI=1S/C19H22O5/c1-19(10-17(21)22)15(7-8-16(19)20)14-5-3-11-9-12(24-2)4-6-13(11)18(14)23/h4,6,9,14-15H,3,5,7-8,10H2,1-2H3,(H,21,22). The van der Waals surface area contributed by atoms with E-state index in [4.69, 9.17) is 4.74 Å². The summed E-state index contributed by atoms with van der Waals surface area (Å²) in [5, 5.41) is 9.20. The number of aryl methyl sites for hydroxylation is 1. The lowest BCUT2D eigenvalue weighted by molar-refractivity contribution is -0.144. The van der Waals surface area contributed by atoms with Crippen molar-refractivity contribution in [3.63, 3.8) is 0 Å². The summed E-state index contributed by atoms with van der Waals surface area (Å²) in [6.07, 6.45) is 2.18. The Morgan fingerprint density at radius 3 is 2.71 bits per heavy atom. The number of hydrogen-bond donors (Lipinski definition) is 1. The van der Waals surface area contributed by atoms with Crippen LogP contribution in [-0.2, 0) is 16.0 Å². The molecule has 0 aliphatic heterocycles. The average molecular weight is 330 g/mol. The molecule has 2 aliphatic carbocycles. The van der Waals surface area contributed by atoms with Crippen LogP contribution in [0.4, 0.5) is 0 Å². The van der Waals surface area contributed by atoms with Crippen molar-refractivity contribution >= 4 is 17.5 Å². The molecule has 1 aromatic rings. The fraction of sp³-hybridized carbons (Fsp3) is 0.526. The second-order valence-electron chi connectivity index (χ2n) is 7.09.